The molecule has 0 aliphatic heterocycles. The Bertz CT molecular complexity index is 470. The lowest BCUT2D eigenvalue weighted by Crippen LogP contribution is -2.32. The molecule has 1 amide bonds. The van der Waals surface area contributed by atoms with Gasteiger partial charge in [-0.1, -0.05) is 19.9 Å². The van der Waals surface area contributed by atoms with Crippen LogP contribution >= 0.6 is 0 Å². The van der Waals surface area contributed by atoms with Crippen LogP contribution in [0.25, 0.3) is 0 Å². The number of benzene rings is 1. The Morgan fingerprint density at radius 2 is 2.00 bits per heavy atom. The van der Waals surface area contributed by atoms with Gasteiger partial charge >= 0.3 is 5.97 Å². The molecule has 0 aromatic heterocycles. The summed E-state index contributed by atoms with van der Waals surface area (Å²) in [6.07, 6.45) is 0. The van der Waals surface area contributed by atoms with E-state index in [9.17, 15) is 9.59 Å². The molecule has 0 radical (unpaired) electrons. The number of amides is 1. The van der Waals surface area contributed by atoms with Crippen molar-refractivity contribution in [3.05, 3.63) is 29.3 Å². The zero-order valence-corrected chi connectivity index (χ0v) is 11.7. The number of anilines is 1. The number of nitrogens with one attached hydrogen (secondary N) is 2. The predicted octanol–water partition coefficient (Wildman–Crippen LogP) is 1.72. The molecular formula is C14H20N2O3. The van der Waals surface area contributed by atoms with Crippen LogP contribution in [0.4, 0.5) is 5.69 Å². The predicted molar refractivity (Wildman–Crippen MR) is 74.3 cm³/mol. The molecule has 5 nitrogen and oxygen atoms in total. The number of hydrogen-bond acceptors (Lipinski definition) is 4. The number of rotatable bonds is 5. The van der Waals surface area contributed by atoms with E-state index >= 15 is 0 Å². The quantitative estimate of drug-likeness (QED) is 0.795. The average molecular weight is 264 g/mol. The Kier molecular flexibility index (Phi) is 5.51. The van der Waals surface area contributed by atoms with Crippen LogP contribution in [0.1, 0.15) is 29.8 Å². The van der Waals surface area contributed by atoms with E-state index in [1.54, 1.807) is 18.2 Å². The van der Waals surface area contributed by atoms with Crippen LogP contribution in [-0.2, 0) is 9.53 Å². The highest BCUT2D eigenvalue weighted by molar-refractivity contribution is 5.96. The molecule has 0 spiro atoms. The molecule has 1 rings (SSSR count). The van der Waals surface area contributed by atoms with Gasteiger partial charge in [0.1, 0.15) is 0 Å². The van der Waals surface area contributed by atoms with Crippen molar-refractivity contribution < 1.29 is 14.3 Å². The van der Waals surface area contributed by atoms with Crippen molar-refractivity contribution in [3.8, 4) is 0 Å². The second-order valence-corrected chi connectivity index (χ2v) is 4.61. The SMILES string of the molecule is COC(=O)c1ccc(C)c(NC(=O)CNC(C)C)c1. The lowest BCUT2D eigenvalue weighted by molar-refractivity contribution is -0.115. The summed E-state index contributed by atoms with van der Waals surface area (Å²) >= 11 is 0. The van der Waals surface area contributed by atoms with Gasteiger partial charge in [0, 0.05) is 11.7 Å². The Hall–Kier alpha value is -1.88. The molecule has 1 aromatic rings. The van der Waals surface area contributed by atoms with Gasteiger partial charge in [0.2, 0.25) is 5.91 Å². The lowest BCUT2D eigenvalue weighted by atomic mass is 10.1. The Balaban J connectivity index is 2.77. The van der Waals surface area contributed by atoms with Gasteiger partial charge in [-0.15, -0.1) is 0 Å². The molecule has 0 aliphatic rings. The first-order valence-electron chi connectivity index (χ1n) is 6.16. The Morgan fingerprint density at radius 3 is 2.58 bits per heavy atom. The maximum atomic E-state index is 11.7. The van der Waals surface area contributed by atoms with Crippen LogP contribution in [0.3, 0.4) is 0 Å². The van der Waals surface area contributed by atoms with Crippen molar-refractivity contribution in [2.24, 2.45) is 0 Å². The molecule has 19 heavy (non-hydrogen) atoms. The average Bonchev–Trinajstić information content (AvgIpc) is 2.38. The monoisotopic (exact) mass is 264 g/mol. The molecule has 104 valence electrons. The third kappa shape index (κ3) is 4.71. The van der Waals surface area contributed by atoms with Crippen molar-refractivity contribution in [2.75, 3.05) is 19.0 Å². The van der Waals surface area contributed by atoms with E-state index in [2.05, 4.69) is 15.4 Å². The summed E-state index contributed by atoms with van der Waals surface area (Å²) in [4.78, 5) is 23.2. The van der Waals surface area contributed by atoms with Gasteiger partial charge in [-0.3, -0.25) is 4.79 Å². The van der Waals surface area contributed by atoms with E-state index in [0.29, 0.717) is 11.3 Å². The topological polar surface area (TPSA) is 67.4 Å². The normalized spacial score (nSPS) is 10.4. The molecule has 0 aliphatic carbocycles. The van der Waals surface area contributed by atoms with Gasteiger partial charge in [0.25, 0.3) is 0 Å². The van der Waals surface area contributed by atoms with Crippen LogP contribution < -0.4 is 10.6 Å². The maximum absolute atomic E-state index is 11.7. The van der Waals surface area contributed by atoms with E-state index in [-0.39, 0.29) is 18.5 Å². The summed E-state index contributed by atoms with van der Waals surface area (Å²) < 4.78 is 4.65. The van der Waals surface area contributed by atoms with Crippen LogP contribution in [0.2, 0.25) is 0 Å². The third-order valence-corrected chi connectivity index (χ3v) is 2.60. The fourth-order valence-electron chi connectivity index (χ4n) is 1.49. The number of esters is 1. The van der Waals surface area contributed by atoms with Crippen LogP contribution in [0.15, 0.2) is 18.2 Å². The summed E-state index contributed by atoms with van der Waals surface area (Å²) in [5.41, 5.74) is 1.93. The minimum atomic E-state index is -0.421. The number of carbonyl (C=O) groups excluding carboxylic acids is 2. The fraction of sp³-hybridized carbons (Fsp3) is 0.429. The highest BCUT2D eigenvalue weighted by Gasteiger charge is 2.10. The first-order chi connectivity index (χ1) is 8.93. The molecule has 1 aromatic carbocycles. The molecule has 0 atom stereocenters. The highest BCUT2D eigenvalue weighted by atomic mass is 16.5. The second-order valence-electron chi connectivity index (χ2n) is 4.61. The van der Waals surface area contributed by atoms with Gasteiger partial charge in [-0.25, -0.2) is 4.79 Å². The van der Waals surface area contributed by atoms with E-state index < -0.39 is 5.97 Å². The molecule has 0 fully saturated rings. The van der Waals surface area contributed by atoms with Crippen molar-refractivity contribution >= 4 is 17.6 Å². The van der Waals surface area contributed by atoms with E-state index in [1.165, 1.54) is 7.11 Å². The molecule has 0 saturated heterocycles. The molecule has 0 bridgehead atoms. The van der Waals surface area contributed by atoms with E-state index in [1.807, 2.05) is 20.8 Å². The van der Waals surface area contributed by atoms with E-state index in [0.717, 1.165) is 5.56 Å². The molecule has 0 saturated carbocycles. The van der Waals surface area contributed by atoms with Crippen LogP contribution in [-0.4, -0.2) is 31.6 Å². The number of aryl methyl sites for hydroxylation is 1. The standard InChI is InChI=1S/C14H20N2O3/c1-9(2)15-8-13(17)16-12-7-11(14(18)19-4)6-5-10(12)3/h5-7,9,15H,8H2,1-4H3,(H,16,17). The van der Waals surface area contributed by atoms with Crippen molar-refractivity contribution in [1.29, 1.82) is 0 Å². The van der Waals surface area contributed by atoms with Gasteiger partial charge in [-0.2, -0.15) is 0 Å². The summed E-state index contributed by atoms with van der Waals surface area (Å²) in [5.74, 6) is -0.561. The minimum absolute atomic E-state index is 0.140. The molecular weight excluding hydrogens is 244 g/mol. The Labute approximate surface area is 113 Å². The van der Waals surface area contributed by atoms with Crippen LogP contribution in [0, 0.1) is 6.92 Å². The molecule has 0 heterocycles. The lowest BCUT2D eigenvalue weighted by Gasteiger charge is -2.11. The van der Waals surface area contributed by atoms with Crippen molar-refractivity contribution in [1.82, 2.24) is 5.32 Å². The Morgan fingerprint density at radius 1 is 1.32 bits per heavy atom. The van der Waals surface area contributed by atoms with Crippen LogP contribution in [0.5, 0.6) is 0 Å². The summed E-state index contributed by atoms with van der Waals surface area (Å²) in [5, 5.41) is 5.81. The summed E-state index contributed by atoms with van der Waals surface area (Å²) in [7, 11) is 1.33. The van der Waals surface area contributed by atoms with Gasteiger partial charge in [0.15, 0.2) is 0 Å². The maximum Gasteiger partial charge on any atom is 0.337 e. The van der Waals surface area contributed by atoms with Gasteiger partial charge in [-0.05, 0) is 24.6 Å². The largest absolute Gasteiger partial charge is 0.465 e. The third-order valence-electron chi connectivity index (χ3n) is 2.60. The molecule has 5 heteroatoms. The summed E-state index contributed by atoms with van der Waals surface area (Å²) in [6, 6.07) is 5.31. The van der Waals surface area contributed by atoms with E-state index in [4.69, 9.17) is 0 Å². The summed E-state index contributed by atoms with van der Waals surface area (Å²) in [6.45, 7) is 6.04. The zero-order valence-electron chi connectivity index (χ0n) is 11.7. The zero-order chi connectivity index (χ0) is 14.4. The molecule has 0 unspecified atom stereocenters. The first kappa shape index (κ1) is 15.2. The van der Waals surface area contributed by atoms with Gasteiger partial charge in [0.05, 0.1) is 19.2 Å². The molecule has 2 N–H and O–H groups in total. The fourth-order valence-corrected chi connectivity index (χ4v) is 1.49. The first-order valence-corrected chi connectivity index (χ1v) is 6.16. The number of ether oxygens (including phenoxy) is 1. The number of hydrogen-bond donors (Lipinski definition) is 2. The number of methoxy groups -OCH3 is 1. The van der Waals surface area contributed by atoms with Gasteiger partial charge < -0.3 is 15.4 Å². The van der Waals surface area contributed by atoms with Crippen molar-refractivity contribution in [3.63, 3.8) is 0 Å². The van der Waals surface area contributed by atoms with Crippen molar-refractivity contribution in [2.45, 2.75) is 26.8 Å². The smallest absolute Gasteiger partial charge is 0.337 e. The number of carbonyl (C=O) groups is 2. The second kappa shape index (κ2) is 6.89. The highest BCUT2D eigenvalue weighted by Crippen LogP contribution is 2.17. The minimum Gasteiger partial charge on any atom is -0.465 e.